The summed E-state index contributed by atoms with van der Waals surface area (Å²) in [5.41, 5.74) is 1.06. The molecule has 0 saturated heterocycles. The Kier molecular flexibility index (Phi) is 50.0. The highest BCUT2D eigenvalue weighted by molar-refractivity contribution is 6.08. The van der Waals surface area contributed by atoms with Crippen LogP contribution in [0.5, 0.6) is 0 Å². The summed E-state index contributed by atoms with van der Waals surface area (Å²) in [5.74, 6) is -2.75. The molecule has 0 saturated carbocycles. The Morgan fingerprint density at radius 3 is 0.675 bits per heavy atom. The molecule has 6 atom stereocenters. The molecule has 80 heavy (non-hydrogen) atoms. The third-order valence-electron chi connectivity index (χ3n) is 11.6. The number of benzene rings is 2. The van der Waals surface area contributed by atoms with Crippen molar-refractivity contribution in [1.29, 1.82) is 0 Å². The molecule has 468 valence electrons. The van der Waals surface area contributed by atoms with Crippen molar-refractivity contribution < 1.29 is 79.8 Å². The van der Waals surface area contributed by atoms with E-state index in [2.05, 4.69) is 0 Å². The van der Waals surface area contributed by atoms with Gasteiger partial charge in [0.25, 0.3) is 23.6 Å². The van der Waals surface area contributed by atoms with Crippen LogP contribution in [-0.4, -0.2) is 238 Å². The Hall–Kier alpha value is -5.14. The predicted molar refractivity (Wildman–Crippen MR) is 320 cm³/mol. The van der Waals surface area contributed by atoms with Gasteiger partial charge in [0, 0.05) is 83.0 Å². The van der Waals surface area contributed by atoms with Crippen molar-refractivity contribution in [3.63, 3.8) is 0 Å². The van der Waals surface area contributed by atoms with E-state index in [0.29, 0.717) is 12.8 Å². The molecular formula is C58H110N6O16. The van der Waals surface area contributed by atoms with Gasteiger partial charge in [0.1, 0.15) is 0 Å². The molecule has 0 aromatic heterocycles. The van der Waals surface area contributed by atoms with Crippen LogP contribution in [0.2, 0.25) is 0 Å². The fraction of sp³-hybridized carbons (Fsp3) is 0.690. The number of rotatable bonds is 26. The zero-order chi connectivity index (χ0) is 63.4. The van der Waals surface area contributed by atoms with Crippen molar-refractivity contribution >= 4 is 47.8 Å². The molecule has 0 aliphatic rings. The lowest BCUT2D eigenvalue weighted by Gasteiger charge is -2.32. The summed E-state index contributed by atoms with van der Waals surface area (Å²) in [6.07, 6.45) is -8.08. The second-order valence-electron chi connectivity index (χ2n) is 17.1. The number of carbonyl (C=O) groups is 6. The number of carbonyl (C=O) groups excluding carboxylic acids is 6. The van der Waals surface area contributed by atoms with Crippen LogP contribution in [0.3, 0.4) is 0 Å². The van der Waals surface area contributed by atoms with E-state index in [9.17, 15) is 79.8 Å². The molecule has 0 bridgehead atoms. The van der Waals surface area contributed by atoms with Gasteiger partial charge in [-0.25, -0.2) is 0 Å². The second kappa shape index (κ2) is 46.5. The number of hydrogen-bond donors (Lipinski definition) is 10. The van der Waals surface area contributed by atoms with Crippen LogP contribution >= 0.6 is 0 Å². The number of likely N-dealkylation sites (N-methyl/N-ethyl adjacent to an activating group) is 4. The summed E-state index contributed by atoms with van der Waals surface area (Å²) < 4.78 is 0. The Morgan fingerprint density at radius 1 is 0.350 bits per heavy atom. The molecule has 0 radical (unpaired) electrons. The number of anilines is 2. The molecule has 0 aliphatic heterocycles. The fourth-order valence-electron chi connectivity index (χ4n) is 8.44. The number of nitrogens with zero attached hydrogens (tertiary/aromatic N) is 6. The van der Waals surface area contributed by atoms with Gasteiger partial charge in [0.2, 0.25) is 12.8 Å². The summed E-state index contributed by atoms with van der Waals surface area (Å²) in [6.45, 7) is 28.2. The van der Waals surface area contributed by atoms with Crippen LogP contribution < -0.4 is 9.80 Å². The van der Waals surface area contributed by atoms with Gasteiger partial charge in [0.05, 0.1) is 87.5 Å². The summed E-state index contributed by atoms with van der Waals surface area (Å²) >= 11 is 0. The zero-order valence-electron chi connectivity index (χ0n) is 52.0. The average Bonchev–Trinajstić information content (AvgIpc) is 3.44. The summed E-state index contributed by atoms with van der Waals surface area (Å²) in [6, 6.07) is 0. The highest BCUT2D eigenvalue weighted by atomic mass is 16.3. The molecule has 0 heterocycles. The average molecular weight is 1150 g/mol. The smallest absolute Gasteiger partial charge is 0.254 e. The van der Waals surface area contributed by atoms with Crippen LogP contribution in [0.4, 0.5) is 11.4 Å². The molecule has 0 aliphatic carbocycles. The molecular weight excluding hydrogens is 1040 g/mol. The number of aliphatic hydroxyl groups excluding tert-OH is 10. The van der Waals surface area contributed by atoms with E-state index in [1.807, 2.05) is 83.1 Å². The Morgan fingerprint density at radius 2 is 0.525 bits per heavy atom. The minimum Gasteiger partial charge on any atom is -0.394 e. The van der Waals surface area contributed by atoms with Gasteiger partial charge in [-0.3, -0.25) is 28.8 Å². The van der Waals surface area contributed by atoms with Crippen molar-refractivity contribution in [3.8, 4) is 0 Å². The van der Waals surface area contributed by atoms with Gasteiger partial charge in [-0.2, -0.15) is 0 Å². The van der Waals surface area contributed by atoms with Crippen molar-refractivity contribution in [2.45, 2.75) is 175 Å². The summed E-state index contributed by atoms with van der Waals surface area (Å²) in [4.78, 5) is 88.3. The van der Waals surface area contributed by atoms with Crippen LogP contribution in [0.25, 0.3) is 0 Å². The van der Waals surface area contributed by atoms with Crippen LogP contribution in [0.15, 0.2) is 0 Å². The Labute approximate surface area is 480 Å². The van der Waals surface area contributed by atoms with E-state index in [-0.39, 0.29) is 101 Å². The minimum atomic E-state index is -1.54. The van der Waals surface area contributed by atoms with Gasteiger partial charge in [-0.15, -0.1) is 0 Å². The molecule has 2 aromatic rings. The summed E-state index contributed by atoms with van der Waals surface area (Å²) in [5, 5.41) is 101. The molecule has 6 unspecified atom stereocenters. The fourth-order valence-corrected chi connectivity index (χ4v) is 8.44. The highest BCUT2D eigenvalue weighted by Gasteiger charge is 2.34. The zero-order valence-corrected chi connectivity index (χ0v) is 52.0. The largest absolute Gasteiger partial charge is 0.394 e. The lowest BCUT2D eigenvalue weighted by atomic mass is 9.88. The number of aliphatic hydroxyl groups is 10. The van der Waals surface area contributed by atoms with Gasteiger partial charge in [-0.05, 0) is 74.9 Å². The second-order valence-corrected chi connectivity index (χ2v) is 17.1. The number of amides is 6. The normalized spacial score (nSPS) is 12.2. The van der Waals surface area contributed by atoms with Crippen LogP contribution in [0, 0.1) is 41.5 Å². The van der Waals surface area contributed by atoms with E-state index in [1.165, 1.54) is 69.7 Å². The first-order chi connectivity index (χ1) is 37.3. The SMILES string of the molecule is C.CC.CC.CC.CC.CC.CC.Cc1c(C(=O)N(C)CC(O)CO)c(C)c(N(C=O)CC(O)CC(O)CN(C=O)c2c(C)c(C(=O)N(C)CC(O)CO)c(C)c(C(=O)N(C)CC(O)CO)c2C)c(C)c1C(=O)N(C)CC(O)CO. The Balaban J connectivity index is -0.000000982. The first kappa shape index (κ1) is 86.1. The third kappa shape index (κ3) is 24.9. The topological polar surface area (TPSA) is 324 Å². The maximum atomic E-state index is 14.0. The standard InChI is InChI=1S/C45H70N6O16.6C2H6.CH4/c1-24-36(42(64)46(7)12-32(60)18-52)26(3)40(27(4)37(24)43(65)47(8)13-33(61)19-53)50(22-56)16-30(58)11-31(59)17-51(23-57)41-28(5)38(44(66)48(9)14-34(62)20-54)25(2)39(29(41)6)45(67)49(10)15-35(63)21-55;6*1-2;/h22-23,30-35,52-55,58-63H,11-21H2,1-10H3;6*1-2H3;1H4. The molecule has 22 heteroatoms. The lowest BCUT2D eigenvalue weighted by molar-refractivity contribution is -0.108. The molecule has 22 nitrogen and oxygen atoms in total. The van der Waals surface area contributed by atoms with Crippen molar-refractivity contribution in [2.75, 3.05) is 104 Å². The van der Waals surface area contributed by atoms with Gasteiger partial charge >= 0.3 is 0 Å². The van der Waals surface area contributed by atoms with E-state index >= 15 is 0 Å². The predicted octanol–water partition coefficient (Wildman–Crippen LogP) is 3.77. The minimum absolute atomic E-state index is 0. The van der Waals surface area contributed by atoms with Gasteiger partial charge in [0.15, 0.2) is 0 Å². The number of hydrogen-bond acceptors (Lipinski definition) is 16. The third-order valence-corrected chi connectivity index (χ3v) is 11.6. The maximum absolute atomic E-state index is 14.0. The maximum Gasteiger partial charge on any atom is 0.254 e. The highest BCUT2D eigenvalue weighted by Crippen LogP contribution is 2.37. The van der Waals surface area contributed by atoms with Crippen molar-refractivity contribution in [2.24, 2.45) is 0 Å². The van der Waals surface area contributed by atoms with E-state index < -0.39 is 106 Å². The lowest BCUT2D eigenvalue weighted by Crippen LogP contribution is -2.41. The van der Waals surface area contributed by atoms with Gasteiger partial charge in [-0.1, -0.05) is 90.5 Å². The van der Waals surface area contributed by atoms with Crippen LogP contribution in [0.1, 0.15) is 172 Å². The van der Waals surface area contributed by atoms with E-state index in [4.69, 9.17) is 0 Å². The monoisotopic (exact) mass is 1150 g/mol. The molecule has 0 fully saturated rings. The first-order valence-corrected chi connectivity index (χ1v) is 27.5. The van der Waals surface area contributed by atoms with E-state index in [0.717, 1.165) is 29.4 Å². The first-order valence-electron chi connectivity index (χ1n) is 27.5. The van der Waals surface area contributed by atoms with Crippen molar-refractivity contribution in [3.05, 3.63) is 55.6 Å². The molecule has 2 rings (SSSR count). The Bertz CT molecular complexity index is 1840. The summed E-state index contributed by atoms with van der Waals surface area (Å²) in [7, 11) is 5.44. The quantitative estimate of drug-likeness (QED) is 0.0600. The van der Waals surface area contributed by atoms with Gasteiger partial charge < -0.3 is 80.5 Å². The van der Waals surface area contributed by atoms with Crippen molar-refractivity contribution in [1.82, 2.24) is 19.6 Å². The van der Waals surface area contributed by atoms with E-state index in [1.54, 1.807) is 0 Å². The molecule has 2 aromatic carbocycles. The molecule has 0 spiro atoms. The molecule has 10 N–H and O–H groups in total. The van der Waals surface area contributed by atoms with Crippen LogP contribution in [-0.2, 0) is 9.59 Å². The molecule has 6 amide bonds.